The number of ether oxygens (including phenoxy) is 3. The highest BCUT2D eigenvalue weighted by Crippen LogP contribution is 2.30. The van der Waals surface area contributed by atoms with E-state index in [1.165, 1.54) is 5.56 Å². The number of hydrogen-bond donors (Lipinski definition) is 0. The number of hydrogen-bond acceptors (Lipinski definition) is 5. The van der Waals surface area contributed by atoms with Gasteiger partial charge in [-0.3, -0.25) is 0 Å². The van der Waals surface area contributed by atoms with Crippen molar-refractivity contribution in [3.8, 4) is 11.5 Å². The van der Waals surface area contributed by atoms with Crippen LogP contribution in [0.3, 0.4) is 0 Å². The molecule has 1 aliphatic heterocycles. The monoisotopic (exact) mass is 477 g/mol. The molecule has 0 saturated carbocycles. The summed E-state index contributed by atoms with van der Waals surface area (Å²) in [7, 11) is 1.59. The summed E-state index contributed by atoms with van der Waals surface area (Å²) < 4.78 is 17.6. The van der Waals surface area contributed by atoms with E-state index in [0.717, 1.165) is 22.0 Å². The van der Waals surface area contributed by atoms with E-state index in [-0.39, 0.29) is 11.6 Å². The first kappa shape index (κ1) is 20.9. The van der Waals surface area contributed by atoms with Crippen molar-refractivity contribution in [3.05, 3.63) is 99.7 Å². The van der Waals surface area contributed by atoms with Gasteiger partial charge in [-0.2, -0.15) is 0 Å². The molecule has 0 aliphatic carbocycles. The van der Waals surface area contributed by atoms with Crippen molar-refractivity contribution in [3.63, 3.8) is 0 Å². The predicted molar refractivity (Wildman–Crippen MR) is 123 cm³/mol. The minimum Gasteiger partial charge on any atom is -0.493 e. The van der Waals surface area contributed by atoms with Crippen LogP contribution in [0, 0.1) is 0 Å². The van der Waals surface area contributed by atoms with Crippen LogP contribution in [0.2, 0.25) is 0 Å². The van der Waals surface area contributed by atoms with Crippen molar-refractivity contribution in [2.45, 2.75) is 6.42 Å². The zero-order valence-electron chi connectivity index (χ0n) is 16.9. The average Bonchev–Trinajstić information content (AvgIpc) is 3.16. The molecular formula is C25H20BrNO4. The Hall–Kier alpha value is -3.38. The van der Waals surface area contributed by atoms with Crippen LogP contribution in [0.25, 0.3) is 6.08 Å². The largest absolute Gasteiger partial charge is 0.493 e. The van der Waals surface area contributed by atoms with Crippen molar-refractivity contribution >= 4 is 33.9 Å². The summed E-state index contributed by atoms with van der Waals surface area (Å²) in [5.74, 6) is 1.04. The van der Waals surface area contributed by atoms with E-state index >= 15 is 0 Å². The summed E-state index contributed by atoms with van der Waals surface area (Å²) in [6.07, 6.45) is 2.47. The molecule has 0 atom stereocenters. The van der Waals surface area contributed by atoms with Crippen molar-refractivity contribution in [2.75, 3.05) is 13.7 Å². The molecule has 6 heteroatoms. The van der Waals surface area contributed by atoms with Crippen LogP contribution in [-0.4, -0.2) is 25.6 Å². The minimum absolute atomic E-state index is 0.234. The lowest BCUT2D eigenvalue weighted by molar-refractivity contribution is -0.129. The molecule has 0 bridgehead atoms. The van der Waals surface area contributed by atoms with E-state index in [2.05, 4.69) is 33.1 Å². The van der Waals surface area contributed by atoms with Crippen LogP contribution >= 0.6 is 15.9 Å². The van der Waals surface area contributed by atoms with Crippen molar-refractivity contribution in [2.24, 2.45) is 4.99 Å². The van der Waals surface area contributed by atoms with Crippen molar-refractivity contribution in [1.82, 2.24) is 0 Å². The number of carbonyl (C=O) groups is 1. The molecule has 0 N–H and O–H groups in total. The molecule has 4 rings (SSSR count). The Morgan fingerprint density at radius 3 is 2.52 bits per heavy atom. The zero-order valence-corrected chi connectivity index (χ0v) is 18.5. The van der Waals surface area contributed by atoms with E-state index in [9.17, 15) is 4.79 Å². The van der Waals surface area contributed by atoms with Crippen LogP contribution < -0.4 is 9.47 Å². The number of aliphatic imine (C=N–C) groups is 1. The maximum absolute atomic E-state index is 12.3. The highest BCUT2D eigenvalue weighted by molar-refractivity contribution is 9.10. The van der Waals surface area contributed by atoms with Gasteiger partial charge in [0.1, 0.15) is 0 Å². The number of cyclic esters (lactones) is 1. The smallest absolute Gasteiger partial charge is 0.363 e. The third kappa shape index (κ3) is 5.22. The lowest BCUT2D eigenvalue weighted by Crippen LogP contribution is -2.05. The first-order valence-electron chi connectivity index (χ1n) is 9.75. The number of methoxy groups -OCH3 is 1. The Balaban J connectivity index is 1.48. The van der Waals surface area contributed by atoms with Crippen molar-refractivity contribution < 1.29 is 19.0 Å². The number of nitrogens with zero attached hydrogens (tertiary/aromatic N) is 1. The Labute approximate surface area is 189 Å². The standard InChI is InChI=1S/C25H20BrNO4/c1-29-23-16-18(7-12-22(23)30-14-13-17-5-3-2-4-6-17)15-21-25(28)31-24(27-21)19-8-10-20(26)11-9-19/h2-12,15-16H,13-14H2,1H3/b21-15-. The maximum atomic E-state index is 12.3. The number of carbonyl (C=O) groups excluding carboxylic acids is 1. The molecule has 0 fully saturated rings. The van der Waals surface area contributed by atoms with Crippen LogP contribution in [-0.2, 0) is 16.0 Å². The van der Waals surface area contributed by atoms with Crippen LogP contribution in [0.1, 0.15) is 16.7 Å². The van der Waals surface area contributed by atoms with Gasteiger partial charge in [0.25, 0.3) is 0 Å². The highest BCUT2D eigenvalue weighted by Gasteiger charge is 2.24. The van der Waals surface area contributed by atoms with Gasteiger partial charge in [0.15, 0.2) is 17.2 Å². The molecule has 0 radical (unpaired) electrons. The fraction of sp³-hybridized carbons (Fsp3) is 0.120. The third-order valence-electron chi connectivity index (χ3n) is 4.69. The van der Waals surface area contributed by atoms with Gasteiger partial charge < -0.3 is 14.2 Å². The van der Waals surface area contributed by atoms with Gasteiger partial charge in [-0.25, -0.2) is 9.79 Å². The molecule has 156 valence electrons. The van der Waals surface area contributed by atoms with E-state index < -0.39 is 5.97 Å². The van der Waals surface area contributed by atoms with Gasteiger partial charge in [0.2, 0.25) is 5.90 Å². The summed E-state index contributed by atoms with van der Waals surface area (Å²) in [5.41, 5.74) is 2.94. The van der Waals surface area contributed by atoms with Crippen LogP contribution in [0.4, 0.5) is 0 Å². The molecule has 1 aliphatic rings. The molecule has 5 nitrogen and oxygen atoms in total. The maximum Gasteiger partial charge on any atom is 0.363 e. The van der Waals surface area contributed by atoms with Gasteiger partial charge in [0.05, 0.1) is 13.7 Å². The lowest BCUT2D eigenvalue weighted by Gasteiger charge is -2.11. The van der Waals surface area contributed by atoms with Gasteiger partial charge in [-0.1, -0.05) is 52.3 Å². The van der Waals surface area contributed by atoms with E-state index in [0.29, 0.717) is 18.1 Å². The van der Waals surface area contributed by atoms with Crippen molar-refractivity contribution in [1.29, 1.82) is 0 Å². The van der Waals surface area contributed by atoms with Crippen LogP contribution in [0.15, 0.2) is 88.0 Å². The fourth-order valence-corrected chi connectivity index (χ4v) is 3.36. The van der Waals surface area contributed by atoms with Gasteiger partial charge in [-0.05, 0) is 53.6 Å². The van der Waals surface area contributed by atoms with Crippen LogP contribution in [0.5, 0.6) is 11.5 Å². The molecule has 3 aromatic carbocycles. The second-order valence-electron chi connectivity index (χ2n) is 6.84. The summed E-state index contributed by atoms with van der Waals surface area (Å²) in [6, 6.07) is 23.1. The van der Waals surface area contributed by atoms with Gasteiger partial charge in [0, 0.05) is 16.5 Å². The summed E-state index contributed by atoms with van der Waals surface area (Å²) in [6.45, 7) is 0.536. The number of benzene rings is 3. The number of halogens is 1. The summed E-state index contributed by atoms with van der Waals surface area (Å²) in [5, 5.41) is 0. The molecule has 0 saturated heterocycles. The molecule has 0 spiro atoms. The fourth-order valence-electron chi connectivity index (χ4n) is 3.10. The SMILES string of the molecule is COc1cc(/C=C2\N=C(c3ccc(Br)cc3)OC2=O)ccc1OCCc1ccccc1. The molecule has 31 heavy (non-hydrogen) atoms. The predicted octanol–water partition coefficient (Wildman–Crippen LogP) is 5.42. The first-order valence-corrected chi connectivity index (χ1v) is 10.5. The molecule has 3 aromatic rings. The quantitative estimate of drug-likeness (QED) is 0.336. The molecular weight excluding hydrogens is 458 g/mol. The molecule has 0 amide bonds. The Bertz CT molecular complexity index is 1140. The Morgan fingerprint density at radius 2 is 1.77 bits per heavy atom. The molecule has 1 heterocycles. The van der Waals surface area contributed by atoms with E-state index in [1.54, 1.807) is 13.2 Å². The van der Waals surface area contributed by atoms with Gasteiger partial charge in [-0.15, -0.1) is 0 Å². The van der Waals surface area contributed by atoms with E-state index in [1.807, 2.05) is 60.7 Å². The Kier molecular flexibility index (Phi) is 6.48. The normalized spacial score (nSPS) is 14.3. The van der Waals surface area contributed by atoms with Gasteiger partial charge >= 0.3 is 5.97 Å². The van der Waals surface area contributed by atoms with E-state index in [4.69, 9.17) is 14.2 Å². The second kappa shape index (κ2) is 9.62. The third-order valence-corrected chi connectivity index (χ3v) is 5.22. The zero-order chi connectivity index (χ0) is 21.6. The first-order chi connectivity index (χ1) is 15.1. The average molecular weight is 478 g/mol. The summed E-state index contributed by atoms with van der Waals surface area (Å²) in [4.78, 5) is 16.6. The number of rotatable bonds is 7. The molecule has 0 unspecified atom stereocenters. The topological polar surface area (TPSA) is 57.1 Å². The second-order valence-corrected chi connectivity index (χ2v) is 7.75. The lowest BCUT2D eigenvalue weighted by atomic mass is 10.1. The molecule has 0 aromatic heterocycles. The Morgan fingerprint density at radius 1 is 1.00 bits per heavy atom. The highest BCUT2D eigenvalue weighted by atomic mass is 79.9. The minimum atomic E-state index is -0.486. The number of esters is 1. The summed E-state index contributed by atoms with van der Waals surface area (Å²) >= 11 is 3.39.